The van der Waals surface area contributed by atoms with Crippen LogP contribution in [0.4, 0.5) is 0 Å². The molecule has 0 spiro atoms. The topological polar surface area (TPSA) is 0 Å². The van der Waals surface area contributed by atoms with Crippen molar-refractivity contribution in [3.05, 3.63) is 49.6 Å². The standard InChI is InChI=1S/C5H8.C5H7.Ti/c2*1-3-5-4-2;/h3-5H,1H2,2H3;3-5H,1-2H2;. The van der Waals surface area contributed by atoms with E-state index in [4.69, 9.17) is 0 Å². The van der Waals surface area contributed by atoms with Gasteiger partial charge >= 0.3 is 50.0 Å². The molecule has 0 aliphatic rings. The Hall–Kier alpha value is -0.326. The van der Waals surface area contributed by atoms with Gasteiger partial charge in [-0.2, -0.15) is 0 Å². The van der Waals surface area contributed by atoms with Crippen molar-refractivity contribution in [1.82, 2.24) is 0 Å². The maximum absolute atomic E-state index is 3.51. The molecule has 0 aliphatic carbocycles. The molecule has 0 aromatic heterocycles. The first-order chi connectivity index (χ1) is 5.33. The van der Waals surface area contributed by atoms with Crippen molar-refractivity contribution in [1.29, 1.82) is 0 Å². The van der Waals surface area contributed by atoms with Crippen LogP contribution in [-0.2, 0) is 20.4 Å². The van der Waals surface area contributed by atoms with Gasteiger partial charge in [0.25, 0.3) is 0 Å². The Labute approximate surface area is 81.8 Å². The zero-order valence-electron chi connectivity index (χ0n) is 7.09. The minimum atomic E-state index is 1.10. The first-order valence-electron chi connectivity index (χ1n) is 3.49. The summed E-state index contributed by atoms with van der Waals surface area (Å²) < 4.78 is 1.10. The van der Waals surface area contributed by atoms with Gasteiger partial charge in [0.1, 0.15) is 0 Å². The van der Waals surface area contributed by atoms with Crippen LogP contribution < -0.4 is 0 Å². The summed E-state index contributed by atoms with van der Waals surface area (Å²) in [5, 5.41) is 0. The first-order valence-corrected chi connectivity index (χ1v) is 4.59. The molecule has 0 nitrogen and oxygen atoms in total. The molecule has 11 heavy (non-hydrogen) atoms. The summed E-state index contributed by atoms with van der Waals surface area (Å²) in [6.07, 6.45) is 11.4. The summed E-state index contributed by atoms with van der Waals surface area (Å²) in [6, 6.07) is 0. The van der Waals surface area contributed by atoms with E-state index in [-0.39, 0.29) is 0 Å². The van der Waals surface area contributed by atoms with E-state index in [0.717, 1.165) is 4.73 Å². The van der Waals surface area contributed by atoms with E-state index in [2.05, 4.69) is 39.7 Å². The molecule has 0 amide bonds. The monoisotopic (exact) mass is 183 g/mol. The summed E-state index contributed by atoms with van der Waals surface area (Å²) in [5.74, 6) is 0. The average Bonchev–Trinajstić information content (AvgIpc) is 2.04. The average molecular weight is 183 g/mol. The van der Waals surface area contributed by atoms with Crippen LogP contribution in [0.3, 0.4) is 0 Å². The van der Waals surface area contributed by atoms with E-state index in [1.165, 1.54) is 0 Å². The van der Waals surface area contributed by atoms with E-state index < -0.39 is 0 Å². The van der Waals surface area contributed by atoms with Crippen LogP contribution in [-0.4, -0.2) is 0 Å². The summed E-state index contributed by atoms with van der Waals surface area (Å²) in [5.41, 5.74) is 0. The fourth-order valence-corrected chi connectivity index (χ4v) is 0.513. The van der Waals surface area contributed by atoms with Gasteiger partial charge in [-0.25, -0.2) is 0 Å². The molecule has 0 saturated carbocycles. The SMILES string of the molecule is C=CC=CC.C=CC=C[CH2][Ti]. The molecule has 0 bridgehead atoms. The molecule has 1 heteroatoms. The molecule has 0 radical (unpaired) electrons. The normalized spacial score (nSPS) is 9.09. The molecule has 0 atom stereocenters. The number of allylic oxidation sites excluding steroid dienone is 6. The molecule has 0 aromatic carbocycles. The van der Waals surface area contributed by atoms with Crippen LogP contribution in [0.5, 0.6) is 0 Å². The third kappa shape index (κ3) is 26.1. The van der Waals surface area contributed by atoms with E-state index in [1.54, 1.807) is 12.2 Å². The third-order valence-corrected chi connectivity index (χ3v) is 1.09. The zero-order valence-corrected chi connectivity index (χ0v) is 8.65. The second kappa shape index (κ2) is 16.3. The van der Waals surface area contributed by atoms with Crippen LogP contribution in [0.25, 0.3) is 0 Å². The van der Waals surface area contributed by atoms with E-state index in [9.17, 15) is 0 Å². The molecule has 0 aromatic rings. The predicted octanol–water partition coefficient (Wildman–Crippen LogP) is 3.44. The van der Waals surface area contributed by atoms with Gasteiger partial charge in [-0.05, 0) is 6.92 Å². The zero-order chi connectivity index (χ0) is 8.95. The number of rotatable bonds is 3. The van der Waals surface area contributed by atoms with Gasteiger partial charge in [0, 0.05) is 0 Å². The van der Waals surface area contributed by atoms with Gasteiger partial charge in [0.05, 0.1) is 0 Å². The van der Waals surface area contributed by atoms with Crippen molar-refractivity contribution in [2.75, 3.05) is 0 Å². The Balaban J connectivity index is 0. The summed E-state index contributed by atoms with van der Waals surface area (Å²) >= 11 is 2.10. The predicted molar refractivity (Wildman–Crippen MR) is 49.2 cm³/mol. The van der Waals surface area contributed by atoms with Crippen LogP contribution in [0, 0.1) is 0 Å². The first kappa shape index (κ1) is 13.3. The number of hydrogen-bond acceptors (Lipinski definition) is 0. The van der Waals surface area contributed by atoms with Crippen molar-refractivity contribution in [2.45, 2.75) is 11.6 Å². The van der Waals surface area contributed by atoms with Crippen molar-refractivity contribution in [3.8, 4) is 0 Å². The quantitative estimate of drug-likeness (QED) is 0.464. The van der Waals surface area contributed by atoms with Crippen LogP contribution in [0.2, 0.25) is 4.73 Å². The van der Waals surface area contributed by atoms with Crippen molar-refractivity contribution < 1.29 is 20.4 Å². The molecule has 59 valence electrons. The van der Waals surface area contributed by atoms with Gasteiger partial charge in [-0.3, -0.25) is 0 Å². The second-order valence-electron chi connectivity index (χ2n) is 1.63. The molecule has 0 aliphatic heterocycles. The molecule has 0 N–H and O–H groups in total. The van der Waals surface area contributed by atoms with E-state index >= 15 is 0 Å². The number of hydrogen-bond donors (Lipinski definition) is 0. The van der Waals surface area contributed by atoms with Gasteiger partial charge in [-0.1, -0.05) is 24.8 Å². The van der Waals surface area contributed by atoms with Gasteiger partial charge in [-0.15, -0.1) is 0 Å². The molecular weight excluding hydrogens is 168 g/mol. The second-order valence-corrected chi connectivity index (χ2v) is 2.27. The Morgan fingerprint density at radius 1 is 1.18 bits per heavy atom. The van der Waals surface area contributed by atoms with Crippen molar-refractivity contribution >= 4 is 0 Å². The van der Waals surface area contributed by atoms with E-state index in [0.29, 0.717) is 0 Å². The van der Waals surface area contributed by atoms with E-state index in [1.807, 2.05) is 25.2 Å². The maximum atomic E-state index is 3.51. The molecule has 0 heterocycles. The van der Waals surface area contributed by atoms with Crippen LogP contribution in [0.15, 0.2) is 49.6 Å². The molecule has 0 fully saturated rings. The fraction of sp³-hybridized carbons (Fsp3) is 0.200. The van der Waals surface area contributed by atoms with Crippen molar-refractivity contribution in [2.24, 2.45) is 0 Å². The van der Waals surface area contributed by atoms with Crippen LogP contribution in [0.1, 0.15) is 6.92 Å². The molecule has 0 saturated heterocycles. The Kier molecular flexibility index (Phi) is 19.7. The molecular formula is C10H15Ti. The Morgan fingerprint density at radius 3 is 1.82 bits per heavy atom. The minimum absolute atomic E-state index is 1.10. The van der Waals surface area contributed by atoms with Gasteiger partial charge < -0.3 is 0 Å². The van der Waals surface area contributed by atoms with Gasteiger partial charge in [0.15, 0.2) is 0 Å². The van der Waals surface area contributed by atoms with Gasteiger partial charge in [0.2, 0.25) is 0 Å². The molecule has 0 unspecified atom stereocenters. The summed E-state index contributed by atoms with van der Waals surface area (Å²) in [7, 11) is 0. The fourth-order valence-electron chi connectivity index (χ4n) is 0.300. The molecule has 0 rings (SSSR count). The van der Waals surface area contributed by atoms with Crippen LogP contribution >= 0.6 is 0 Å². The Morgan fingerprint density at radius 2 is 1.73 bits per heavy atom. The summed E-state index contributed by atoms with van der Waals surface area (Å²) in [4.78, 5) is 0. The third-order valence-electron chi connectivity index (χ3n) is 0.719. The summed E-state index contributed by atoms with van der Waals surface area (Å²) in [6.45, 7) is 8.93. The Bertz CT molecular complexity index is 132. The van der Waals surface area contributed by atoms with Crippen molar-refractivity contribution in [3.63, 3.8) is 0 Å².